The summed E-state index contributed by atoms with van der Waals surface area (Å²) in [6.45, 7) is 9.94. The zero-order valence-corrected chi connectivity index (χ0v) is 45.2. The van der Waals surface area contributed by atoms with Crippen molar-refractivity contribution in [3.8, 4) is 39.9 Å². The Morgan fingerprint density at radius 1 is 0.341 bits per heavy atom. The van der Waals surface area contributed by atoms with E-state index in [2.05, 4.69) is 267 Å². The van der Waals surface area contributed by atoms with Gasteiger partial charge in [0.25, 0.3) is 0 Å². The molecule has 12 aromatic carbocycles. The zero-order chi connectivity index (χ0) is 53.9. The van der Waals surface area contributed by atoms with Crippen molar-refractivity contribution in [3.63, 3.8) is 0 Å². The summed E-state index contributed by atoms with van der Waals surface area (Å²) >= 11 is 3.62. The number of hydrogen-bond acceptors (Lipinski definition) is 3. The van der Waals surface area contributed by atoms with Gasteiger partial charge in [-0.05, 0) is 71.8 Å². The Labute approximate surface area is 476 Å². The molecule has 0 atom stereocenters. The molecule has 18 aromatic rings. The van der Waals surface area contributed by atoms with Gasteiger partial charge in [0.1, 0.15) is 6.07 Å². The van der Waals surface area contributed by atoms with Crippen molar-refractivity contribution < 1.29 is 0 Å². The minimum Gasteiger partial charge on any atom is -0.318 e. The quantitative estimate of drug-likeness (QED) is 0.158. The van der Waals surface area contributed by atoms with Gasteiger partial charge in [0, 0.05) is 78.7 Å². The number of thiophene rings is 2. The highest BCUT2D eigenvalue weighted by Crippen LogP contribution is 2.54. The molecule has 18 rings (SSSR count). The normalized spacial score (nSPS) is 12.1. The van der Waals surface area contributed by atoms with E-state index in [4.69, 9.17) is 4.85 Å². The maximum atomic E-state index is 12.8. The summed E-state index contributed by atoms with van der Waals surface area (Å²) < 4.78 is 14.1. The Morgan fingerprint density at radius 2 is 0.768 bits per heavy atom. The van der Waals surface area contributed by atoms with Crippen molar-refractivity contribution >= 4 is 156 Å². The van der Waals surface area contributed by atoms with Gasteiger partial charge in [0.2, 0.25) is 5.69 Å². The Morgan fingerprint density at radius 3 is 1.30 bits per heavy atom. The molecular weight excluding hydrogens is 1040 g/mol. The number of para-hydroxylation sites is 6. The third kappa shape index (κ3) is 5.93. The van der Waals surface area contributed by atoms with Crippen LogP contribution in [0.4, 0.5) is 5.69 Å². The third-order valence-corrected chi connectivity index (χ3v) is 19.5. The molecule has 0 amide bonds. The second-order valence-corrected chi connectivity index (χ2v) is 23.4. The van der Waals surface area contributed by atoms with Crippen LogP contribution in [-0.4, -0.2) is 18.3 Å². The topological polar surface area (TPSA) is 47.9 Å². The number of nitriles is 1. The predicted octanol–water partition coefficient (Wildman–Crippen LogP) is 20.9. The molecule has 0 bridgehead atoms. The van der Waals surface area contributed by atoms with Crippen molar-refractivity contribution in [1.29, 1.82) is 5.26 Å². The van der Waals surface area contributed by atoms with Gasteiger partial charge in [-0.15, -0.1) is 22.7 Å². The van der Waals surface area contributed by atoms with Crippen LogP contribution < -0.4 is 0 Å². The lowest BCUT2D eigenvalue weighted by Gasteiger charge is -2.27. The molecular formula is C74H40N6S2. The summed E-state index contributed by atoms with van der Waals surface area (Å²) in [5.74, 6) is 0. The Balaban J connectivity index is 1.16. The predicted molar refractivity (Wildman–Crippen MR) is 346 cm³/mol. The minimum absolute atomic E-state index is 0.360. The molecule has 0 saturated carbocycles. The fraction of sp³-hybridized carbons (Fsp3) is 0. The monoisotopic (exact) mass is 1080 g/mol. The fourth-order valence-corrected chi connectivity index (χ4v) is 16.3. The SMILES string of the molecule is [C-]#[N+]c1c(-n2c3ccccc3c3ccccc32)c(C#N)c(-n2c3ccccc3c3ccccc32)c(-n2c3cc(-c4cccc5sc6ccccc6c45)ccc3c3ccc4c5ccccc5sc4c32)c1-n1c2ccccc2c2ccccc21. The Kier molecular flexibility index (Phi) is 9.30. The molecule has 0 spiro atoms. The lowest BCUT2D eigenvalue weighted by Crippen LogP contribution is -2.14. The molecule has 0 aliphatic heterocycles. The van der Waals surface area contributed by atoms with Gasteiger partial charge in [-0.2, -0.15) is 5.26 Å². The zero-order valence-electron chi connectivity index (χ0n) is 43.6. The summed E-state index contributed by atoms with van der Waals surface area (Å²) in [6.07, 6.45) is 0. The number of nitrogens with zero attached hydrogens (tertiary/aromatic N) is 6. The molecule has 0 fully saturated rings. The van der Waals surface area contributed by atoms with E-state index in [-0.39, 0.29) is 0 Å². The van der Waals surface area contributed by atoms with E-state index < -0.39 is 0 Å². The van der Waals surface area contributed by atoms with Gasteiger partial charge >= 0.3 is 0 Å². The van der Waals surface area contributed by atoms with Gasteiger partial charge in [0.15, 0.2) is 0 Å². The van der Waals surface area contributed by atoms with Crippen LogP contribution in [0, 0.1) is 17.9 Å². The first-order valence-corrected chi connectivity index (χ1v) is 29.1. The number of fused-ring (bicyclic) bond motifs is 19. The van der Waals surface area contributed by atoms with Crippen LogP contribution in [0.5, 0.6) is 0 Å². The molecule has 6 heterocycles. The molecule has 0 aliphatic carbocycles. The summed E-state index contributed by atoms with van der Waals surface area (Å²) in [5, 5.41) is 26.0. The first kappa shape index (κ1) is 45.2. The van der Waals surface area contributed by atoms with Crippen molar-refractivity contribution in [3.05, 3.63) is 260 Å². The van der Waals surface area contributed by atoms with Crippen molar-refractivity contribution in [1.82, 2.24) is 18.3 Å². The molecule has 0 aliphatic rings. The molecule has 0 saturated heterocycles. The van der Waals surface area contributed by atoms with E-state index in [9.17, 15) is 11.8 Å². The first-order chi connectivity index (χ1) is 40.7. The first-order valence-electron chi connectivity index (χ1n) is 27.4. The molecule has 6 nitrogen and oxygen atoms in total. The lowest BCUT2D eigenvalue weighted by molar-refractivity contribution is 1.04. The van der Waals surface area contributed by atoms with Crippen LogP contribution in [-0.2, 0) is 0 Å². The van der Waals surface area contributed by atoms with E-state index in [1.165, 1.54) is 30.3 Å². The highest BCUT2D eigenvalue weighted by atomic mass is 32.1. The summed E-state index contributed by atoms with van der Waals surface area (Å²) in [6, 6.07) is 89.8. The fourth-order valence-electron chi connectivity index (χ4n) is 13.9. The maximum absolute atomic E-state index is 12.8. The van der Waals surface area contributed by atoms with E-state index in [0.717, 1.165) is 114 Å². The highest BCUT2D eigenvalue weighted by Gasteiger charge is 2.35. The van der Waals surface area contributed by atoms with Crippen LogP contribution in [0.15, 0.2) is 243 Å². The third-order valence-electron chi connectivity index (χ3n) is 17.2. The van der Waals surface area contributed by atoms with E-state index >= 15 is 0 Å². The number of hydrogen-bond donors (Lipinski definition) is 0. The molecule has 0 radical (unpaired) electrons. The average molecular weight is 1080 g/mol. The summed E-state index contributed by atoms with van der Waals surface area (Å²) in [4.78, 5) is 4.85. The molecule has 0 N–H and O–H groups in total. The van der Waals surface area contributed by atoms with Crippen molar-refractivity contribution in [2.24, 2.45) is 0 Å². The second-order valence-electron chi connectivity index (χ2n) is 21.2. The average Bonchev–Trinajstić information content (AvgIpc) is 1.72. The van der Waals surface area contributed by atoms with Crippen LogP contribution in [0.2, 0.25) is 0 Å². The highest BCUT2D eigenvalue weighted by molar-refractivity contribution is 7.26. The number of benzene rings is 12. The van der Waals surface area contributed by atoms with Crippen LogP contribution in [0.1, 0.15) is 5.56 Å². The number of rotatable bonds is 5. The van der Waals surface area contributed by atoms with E-state index in [1.807, 2.05) is 11.3 Å². The van der Waals surface area contributed by atoms with Gasteiger partial charge in [-0.1, -0.05) is 182 Å². The summed E-state index contributed by atoms with van der Waals surface area (Å²) in [7, 11) is 0. The molecule has 8 heteroatoms. The van der Waals surface area contributed by atoms with Gasteiger partial charge in [-0.25, -0.2) is 4.85 Å². The van der Waals surface area contributed by atoms with Crippen LogP contribution in [0.3, 0.4) is 0 Å². The molecule has 82 heavy (non-hydrogen) atoms. The Hall–Kier alpha value is -10.7. The summed E-state index contributed by atoms with van der Waals surface area (Å²) in [5.41, 5.74) is 13.1. The van der Waals surface area contributed by atoms with Gasteiger partial charge in [0.05, 0.1) is 83.7 Å². The van der Waals surface area contributed by atoms with E-state index in [0.29, 0.717) is 28.3 Å². The van der Waals surface area contributed by atoms with Crippen LogP contribution >= 0.6 is 22.7 Å². The lowest BCUT2D eigenvalue weighted by atomic mass is 9.98. The second kappa shape index (κ2) is 16.9. The number of aromatic nitrogens is 4. The van der Waals surface area contributed by atoms with Gasteiger partial charge < -0.3 is 18.3 Å². The van der Waals surface area contributed by atoms with Crippen LogP contribution in [0.25, 0.3) is 166 Å². The largest absolute Gasteiger partial charge is 0.318 e. The van der Waals surface area contributed by atoms with Crippen molar-refractivity contribution in [2.75, 3.05) is 0 Å². The molecule has 378 valence electrons. The van der Waals surface area contributed by atoms with Crippen molar-refractivity contribution in [2.45, 2.75) is 0 Å². The molecule has 6 aromatic heterocycles. The standard InChI is InChI=1S/C74H40N6S2/c1-76-68-69(77-57-28-10-2-19-45(57)46-20-3-11-29-58(46)77)56(42-75)70(78-59-30-12-4-21-47(59)48-22-5-13-31-60(48)78)73(72(68)79-61-32-14-6-23-49(61)50-24-7-15-33-62(50)79)80-63-41-43(44-27-18-36-66-67(44)55-26-9-17-35-65(55)81-66)37-38-51(63)53-39-40-54-52-25-8-16-34-64(52)82-74(54)71(53)80/h2-41H. The minimum atomic E-state index is 0.360. The van der Waals surface area contributed by atoms with E-state index in [1.54, 1.807) is 11.3 Å². The Bertz CT molecular complexity index is 5630. The molecule has 0 unspecified atom stereocenters. The smallest absolute Gasteiger partial charge is 0.237 e. The maximum Gasteiger partial charge on any atom is 0.237 e. The van der Waals surface area contributed by atoms with Gasteiger partial charge in [-0.3, -0.25) is 0 Å².